The fourth-order valence-corrected chi connectivity index (χ4v) is 2.25. The average Bonchev–Trinajstić information content (AvgIpc) is 2.46. The predicted molar refractivity (Wildman–Crippen MR) is 84.8 cm³/mol. The first kappa shape index (κ1) is 17.4. The van der Waals surface area contributed by atoms with E-state index >= 15 is 0 Å². The Morgan fingerprint density at radius 2 is 1.86 bits per heavy atom. The lowest BCUT2D eigenvalue weighted by molar-refractivity contribution is -0.137. The smallest absolute Gasteiger partial charge is 0.330 e. The van der Waals surface area contributed by atoms with E-state index in [0.717, 1.165) is 5.56 Å². The third-order valence-electron chi connectivity index (χ3n) is 3.28. The lowest BCUT2D eigenvalue weighted by Gasteiger charge is -2.26. The zero-order valence-electron chi connectivity index (χ0n) is 13.4. The van der Waals surface area contributed by atoms with Crippen LogP contribution in [0.3, 0.4) is 0 Å². The van der Waals surface area contributed by atoms with Crippen molar-refractivity contribution in [3.8, 4) is 0 Å². The van der Waals surface area contributed by atoms with E-state index in [4.69, 9.17) is 9.47 Å². The number of rotatable bonds is 8. The standard InChI is InChI=1S/C18H26O3/c1-5-20-17(19)12-11-15(4)18(14(2)3)21-13-16-9-7-6-8-10-16/h6-12,14-15,18H,5,13H2,1-4H3/b12-11+/t15-,18-/m1/s1. The summed E-state index contributed by atoms with van der Waals surface area (Å²) in [5.41, 5.74) is 1.16. The Hall–Kier alpha value is -1.61. The number of benzene rings is 1. The molecule has 3 heteroatoms. The van der Waals surface area contributed by atoms with Crippen LogP contribution in [-0.2, 0) is 20.9 Å². The minimum atomic E-state index is -0.296. The monoisotopic (exact) mass is 290 g/mol. The SMILES string of the molecule is CCOC(=O)/C=C/[C@@H](C)[C@H](OCc1ccccc1)C(C)C. The first-order chi connectivity index (χ1) is 10.0. The summed E-state index contributed by atoms with van der Waals surface area (Å²) in [5, 5.41) is 0. The number of carbonyl (C=O) groups excluding carboxylic acids is 1. The normalized spacial score (nSPS) is 14.3. The topological polar surface area (TPSA) is 35.5 Å². The first-order valence-corrected chi connectivity index (χ1v) is 7.55. The van der Waals surface area contributed by atoms with E-state index in [1.54, 1.807) is 6.92 Å². The molecule has 0 aliphatic carbocycles. The van der Waals surface area contributed by atoms with Gasteiger partial charge in [-0.1, -0.05) is 57.2 Å². The van der Waals surface area contributed by atoms with Crippen LogP contribution in [0.1, 0.15) is 33.3 Å². The number of hydrogen-bond acceptors (Lipinski definition) is 3. The van der Waals surface area contributed by atoms with Crippen LogP contribution in [0.4, 0.5) is 0 Å². The van der Waals surface area contributed by atoms with Gasteiger partial charge in [-0.15, -0.1) is 0 Å². The second-order valence-corrected chi connectivity index (χ2v) is 5.48. The van der Waals surface area contributed by atoms with Gasteiger partial charge in [-0.25, -0.2) is 4.79 Å². The molecule has 1 rings (SSSR count). The summed E-state index contributed by atoms with van der Waals surface area (Å²) in [6, 6.07) is 10.1. The molecule has 0 unspecified atom stereocenters. The summed E-state index contributed by atoms with van der Waals surface area (Å²) in [7, 11) is 0. The van der Waals surface area contributed by atoms with E-state index in [9.17, 15) is 4.79 Å². The van der Waals surface area contributed by atoms with Crippen LogP contribution < -0.4 is 0 Å². The van der Waals surface area contributed by atoms with Crippen molar-refractivity contribution in [3.05, 3.63) is 48.0 Å². The van der Waals surface area contributed by atoms with E-state index in [-0.39, 0.29) is 18.0 Å². The summed E-state index contributed by atoms with van der Waals surface area (Å²) < 4.78 is 10.9. The fourth-order valence-electron chi connectivity index (χ4n) is 2.25. The minimum Gasteiger partial charge on any atom is -0.463 e. The Kier molecular flexibility index (Phi) is 7.76. The molecule has 0 saturated carbocycles. The highest BCUT2D eigenvalue weighted by atomic mass is 16.5. The van der Waals surface area contributed by atoms with Crippen LogP contribution in [0.2, 0.25) is 0 Å². The third kappa shape index (κ3) is 6.58. The van der Waals surface area contributed by atoms with Gasteiger partial charge in [-0.3, -0.25) is 0 Å². The lowest BCUT2D eigenvalue weighted by atomic mass is 9.94. The lowest BCUT2D eigenvalue weighted by Crippen LogP contribution is -2.26. The molecule has 0 aromatic heterocycles. The molecular weight excluding hydrogens is 264 g/mol. The van der Waals surface area contributed by atoms with Crippen molar-refractivity contribution in [2.75, 3.05) is 6.61 Å². The van der Waals surface area contributed by atoms with Gasteiger partial charge in [0, 0.05) is 12.0 Å². The van der Waals surface area contributed by atoms with Gasteiger partial charge in [0.2, 0.25) is 0 Å². The van der Waals surface area contributed by atoms with E-state index in [0.29, 0.717) is 19.1 Å². The van der Waals surface area contributed by atoms with Gasteiger partial charge in [-0.05, 0) is 18.4 Å². The zero-order valence-corrected chi connectivity index (χ0v) is 13.4. The van der Waals surface area contributed by atoms with Crippen molar-refractivity contribution in [3.63, 3.8) is 0 Å². The van der Waals surface area contributed by atoms with Gasteiger partial charge < -0.3 is 9.47 Å². The van der Waals surface area contributed by atoms with Crippen LogP contribution in [0.15, 0.2) is 42.5 Å². The molecule has 0 fully saturated rings. The minimum absolute atomic E-state index is 0.0656. The largest absolute Gasteiger partial charge is 0.463 e. The highest BCUT2D eigenvalue weighted by Gasteiger charge is 2.20. The fraction of sp³-hybridized carbons (Fsp3) is 0.500. The van der Waals surface area contributed by atoms with Gasteiger partial charge in [0.15, 0.2) is 0 Å². The third-order valence-corrected chi connectivity index (χ3v) is 3.28. The van der Waals surface area contributed by atoms with Crippen LogP contribution in [0.5, 0.6) is 0 Å². The highest BCUT2D eigenvalue weighted by Crippen LogP contribution is 2.19. The Morgan fingerprint density at radius 3 is 2.43 bits per heavy atom. The molecule has 2 atom stereocenters. The van der Waals surface area contributed by atoms with Crippen molar-refractivity contribution in [2.45, 2.75) is 40.4 Å². The van der Waals surface area contributed by atoms with Crippen molar-refractivity contribution in [1.82, 2.24) is 0 Å². The summed E-state index contributed by atoms with van der Waals surface area (Å²) in [6.45, 7) is 9.10. The molecule has 0 aliphatic heterocycles. The van der Waals surface area contributed by atoms with E-state index in [1.807, 2.05) is 24.3 Å². The quantitative estimate of drug-likeness (QED) is 0.536. The van der Waals surface area contributed by atoms with E-state index in [1.165, 1.54) is 6.08 Å². The number of esters is 1. The van der Waals surface area contributed by atoms with Gasteiger partial charge in [0.25, 0.3) is 0 Å². The predicted octanol–water partition coefficient (Wildman–Crippen LogP) is 3.98. The summed E-state index contributed by atoms with van der Waals surface area (Å²) in [5.74, 6) is 0.226. The molecule has 0 spiro atoms. The Morgan fingerprint density at radius 1 is 1.19 bits per heavy atom. The molecule has 0 N–H and O–H groups in total. The second-order valence-electron chi connectivity index (χ2n) is 5.48. The molecule has 116 valence electrons. The van der Waals surface area contributed by atoms with Crippen LogP contribution >= 0.6 is 0 Å². The second kappa shape index (κ2) is 9.35. The van der Waals surface area contributed by atoms with Gasteiger partial charge in [0.05, 0.1) is 19.3 Å². The Bertz CT molecular complexity index is 437. The van der Waals surface area contributed by atoms with Crippen molar-refractivity contribution in [1.29, 1.82) is 0 Å². The first-order valence-electron chi connectivity index (χ1n) is 7.55. The summed E-state index contributed by atoms with van der Waals surface area (Å²) >= 11 is 0. The number of carbonyl (C=O) groups is 1. The molecule has 0 bridgehead atoms. The van der Waals surface area contributed by atoms with Crippen LogP contribution in [0, 0.1) is 11.8 Å². The maximum absolute atomic E-state index is 11.4. The molecule has 21 heavy (non-hydrogen) atoms. The van der Waals surface area contributed by atoms with Gasteiger partial charge in [0.1, 0.15) is 0 Å². The van der Waals surface area contributed by atoms with Crippen molar-refractivity contribution >= 4 is 5.97 Å². The number of ether oxygens (including phenoxy) is 2. The molecular formula is C18H26O3. The van der Waals surface area contributed by atoms with Crippen LogP contribution in [-0.4, -0.2) is 18.7 Å². The zero-order chi connectivity index (χ0) is 15.7. The Labute approximate surface area is 128 Å². The maximum atomic E-state index is 11.4. The van der Waals surface area contributed by atoms with Gasteiger partial charge in [-0.2, -0.15) is 0 Å². The van der Waals surface area contributed by atoms with E-state index in [2.05, 4.69) is 32.9 Å². The Balaban J connectivity index is 2.58. The summed E-state index contributed by atoms with van der Waals surface area (Å²) in [4.78, 5) is 11.4. The molecule has 0 heterocycles. The van der Waals surface area contributed by atoms with Gasteiger partial charge >= 0.3 is 5.97 Å². The molecule has 1 aromatic rings. The maximum Gasteiger partial charge on any atom is 0.330 e. The molecule has 0 aliphatic rings. The van der Waals surface area contributed by atoms with Crippen molar-refractivity contribution in [2.24, 2.45) is 11.8 Å². The molecule has 3 nitrogen and oxygen atoms in total. The molecule has 0 amide bonds. The molecule has 0 saturated heterocycles. The highest BCUT2D eigenvalue weighted by molar-refractivity contribution is 5.81. The van der Waals surface area contributed by atoms with E-state index < -0.39 is 0 Å². The summed E-state index contributed by atoms with van der Waals surface area (Å²) in [6.07, 6.45) is 3.43. The van der Waals surface area contributed by atoms with Crippen molar-refractivity contribution < 1.29 is 14.3 Å². The number of hydrogen-bond donors (Lipinski definition) is 0. The molecule has 1 aromatic carbocycles. The molecule has 0 radical (unpaired) electrons. The average molecular weight is 290 g/mol. The van der Waals surface area contributed by atoms with Crippen LogP contribution in [0.25, 0.3) is 0 Å².